The largest absolute Gasteiger partial charge is 0.397 e. The average Bonchev–Trinajstić information content (AvgIpc) is 2.91. The highest BCUT2D eigenvalue weighted by molar-refractivity contribution is 6.43. The summed E-state index contributed by atoms with van der Waals surface area (Å²) in [5, 5.41) is 12.3. The third kappa shape index (κ3) is 3.62. The molecule has 7 nitrogen and oxygen atoms in total. The molecule has 1 heterocycles. The van der Waals surface area contributed by atoms with Crippen molar-refractivity contribution in [1.29, 1.82) is 0 Å². The summed E-state index contributed by atoms with van der Waals surface area (Å²) in [4.78, 5) is 0. The summed E-state index contributed by atoms with van der Waals surface area (Å²) in [6.07, 6.45) is -0.169. The van der Waals surface area contributed by atoms with Gasteiger partial charge in [-0.3, -0.25) is 0 Å². The first-order chi connectivity index (χ1) is 10.1. The minimum Gasteiger partial charge on any atom is -0.397 e. The molecule has 2 aromatic rings. The molecule has 0 saturated heterocycles. The maximum absolute atomic E-state index is 6.04. The summed E-state index contributed by atoms with van der Waals surface area (Å²) < 4.78 is 12.0. The maximum atomic E-state index is 6.04. The summed E-state index contributed by atoms with van der Waals surface area (Å²) in [5.74, 6) is 0.526. The van der Waals surface area contributed by atoms with E-state index < -0.39 is 0 Å². The molecule has 0 spiro atoms. The number of nitrogens with two attached hydrogens (primary N) is 1. The van der Waals surface area contributed by atoms with Crippen molar-refractivity contribution in [3.63, 3.8) is 0 Å². The van der Waals surface area contributed by atoms with Gasteiger partial charge in [-0.15, -0.1) is 5.10 Å². The van der Waals surface area contributed by atoms with E-state index in [4.69, 9.17) is 38.4 Å². The van der Waals surface area contributed by atoms with Gasteiger partial charge in [-0.05, 0) is 22.6 Å². The van der Waals surface area contributed by atoms with Gasteiger partial charge >= 0.3 is 0 Å². The third-order valence-corrected chi connectivity index (χ3v) is 3.73. The molecule has 9 heteroatoms. The Morgan fingerprint density at radius 3 is 2.71 bits per heavy atom. The van der Waals surface area contributed by atoms with Crippen LogP contribution in [0, 0.1) is 0 Å². The molecule has 1 aromatic heterocycles. The Kier molecular flexibility index (Phi) is 5.35. The van der Waals surface area contributed by atoms with Gasteiger partial charge < -0.3 is 15.2 Å². The van der Waals surface area contributed by atoms with Crippen LogP contribution < -0.4 is 5.73 Å². The number of halogens is 2. The van der Waals surface area contributed by atoms with E-state index in [2.05, 4.69) is 15.5 Å². The van der Waals surface area contributed by atoms with Crippen molar-refractivity contribution in [3.8, 4) is 11.4 Å². The summed E-state index contributed by atoms with van der Waals surface area (Å²) >= 11 is 12.0. The standard InChI is InChI=1S/C12H15Cl2N5O2/c1-20-6-8(21-2)5-19-12(16-17-18-19)7-3-9(13)11(14)10(15)4-7/h3-4,8H,5-6,15H2,1-2H3. The fraction of sp³-hybridized carbons (Fsp3) is 0.417. The minimum atomic E-state index is -0.169. The Labute approximate surface area is 131 Å². The predicted molar refractivity (Wildman–Crippen MR) is 80.4 cm³/mol. The summed E-state index contributed by atoms with van der Waals surface area (Å²) in [5.41, 5.74) is 6.86. The summed E-state index contributed by atoms with van der Waals surface area (Å²) in [7, 11) is 3.21. The number of ether oxygens (including phenoxy) is 2. The molecule has 0 amide bonds. The molecule has 1 atom stereocenters. The van der Waals surface area contributed by atoms with Gasteiger partial charge in [0.25, 0.3) is 0 Å². The van der Waals surface area contributed by atoms with Crippen molar-refractivity contribution >= 4 is 28.9 Å². The van der Waals surface area contributed by atoms with Gasteiger partial charge in [0.2, 0.25) is 0 Å². The van der Waals surface area contributed by atoms with Crippen LogP contribution in [-0.2, 0) is 16.0 Å². The summed E-state index contributed by atoms with van der Waals surface area (Å²) in [6, 6.07) is 3.34. The lowest BCUT2D eigenvalue weighted by atomic mass is 10.2. The lowest BCUT2D eigenvalue weighted by molar-refractivity contribution is 0.0163. The van der Waals surface area contributed by atoms with Crippen molar-refractivity contribution in [2.45, 2.75) is 12.6 Å². The number of tetrazole rings is 1. The molecule has 1 unspecified atom stereocenters. The van der Waals surface area contributed by atoms with Gasteiger partial charge in [-0.1, -0.05) is 23.2 Å². The van der Waals surface area contributed by atoms with Crippen LogP contribution in [-0.4, -0.2) is 47.1 Å². The number of hydrogen-bond acceptors (Lipinski definition) is 6. The Balaban J connectivity index is 2.32. The quantitative estimate of drug-likeness (QED) is 0.813. The molecule has 0 saturated carbocycles. The lowest BCUT2D eigenvalue weighted by Crippen LogP contribution is -2.25. The number of hydrogen-bond donors (Lipinski definition) is 1. The van der Waals surface area contributed by atoms with Crippen molar-refractivity contribution in [2.75, 3.05) is 26.6 Å². The van der Waals surface area contributed by atoms with E-state index in [1.54, 1.807) is 31.0 Å². The molecule has 0 fully saturated rings. The van der Waals surface area contributed by atoms with Gasteiger partial charge in [0, 0.05) is 19.8 Å². The van der Waals surface area contributed by atoms with Crippen LogP contribution in [0.2, 0.25) is 10.0 Å². The second-order valence-corrected chi connectivity index (χ2v) is 5.14. The van der Waals surface area contributed by atoms with Gasteiger partial charge in [0.1, 0.15) is 6.10 Å². The molecule has 0 aliphatic rings. The molecule has 0 bridgehead atoms. The zero-order valence-electron chi connectivity index (χ0n) is 11.6. The second kappa shape index (κ2) is 7.04. The normalized spacial score (nSPS) is 12.6. The SMILES string of the molecule is COCC(Cn1nnnc1-c1cc(N)c(Cl)c(Cl)c1)OC. The molecule has 2 N–H and O–H groups in total. The van der Waals surface area contributed by atoms with Gasteiger partial charge in [-0.25, -0.2) is 4.68 Å². The summed E-state index contributed by atoms with van der Waals surface area (Å²) in [6.45, 7) is 0.867. The van der Waals surface area contributed by atoms with Crippen LogP contribution in [0.4, 0.5) is 5.69 Å². The van der Waals surface area contributed by atoms with Crippen LogP contribution in [0.3, 0.4) is 0 Å². The molecular formula is C12H15Cl2N5O2. The van der Waals surface area contributed by atoms with Crippen LogP contribution in [0.25, 0.3) is 11.4 Å². The van der Waals surface area contributed by atoms with E-state index in [0.29, 0.717) is 40.3 Å². The smallest absolute Gasteiger partial charge is 0.182 e. The Hall–Kier alpha value is -1.41. The highest BCUT2D eigenvalue weighted by atomic mass is 35.5. The van der Waals surface area contributed by atoms with E-state index in [1.807, 2.05) is 0 Å². The Bertz CT molecular complexity index is 596. The highest BCUT2D eigenvalue weighted by Crippen LogP contribution is 2.32. The van der Waals surface area contributed by atoms with E-state index in [0.717, 1.165) is 0 Å². The van der Waals surface area contributed by atoms with Crippen LogP contribution in [0.1, 0.15) is 0 Å². The van der Waals surface area contributed by atoms with Crippen LogP contribution in [0.5, 0.6) is 0 Å². The van der Waals surface area contributed by atoms with Crippen LogP contribution >= 0.6 is 23.2 Å². The van der Waals surface area contributed by atoms with Crippen LogP contribution in [0.15, 0.2) is 12.1 Å². The second-order valence-electron chi connectivity index (χ2n) is 4.36. The van der Waals surface area contributed by atoms with Crippen molar-refractivity contribution in [2.24, 2.45) is 0 Å². The fourth-order valence-corrected chi connectivity index (χ4v) is 2.18. The van der Waals surface area contributed by atoms with E-state index >= 15 is 0 Å². The molecule has 0 aliphatic heterocycles. The Morgan fingerprint density at radius 2 is 2.10 bits per heavy atom. The topological polar surface area (TPSA) is 88.1 Å². The molecule has 1 aromatic carbocycles. The van der Waals surface area contributed by atoms with E-state index in [-0.39, 0.29) is 6.10 Å². The van der Waals surface area contributed by atoms with Crippen molar-refractivity contribution < 1.29 is 9.47 Å². The highest BCUT2D eigenvalue weighted by Gasteiger charge is 2.16. The number of aromatic nitrogens is 4. The fourth-order valence-electron chi connectivity index (χ4n) is 1.85. The Morgan fingerprint density at radius 1 is 1.33 bits per heavy atom. The van der Waals surface area contributed by atoms with E-state index in [1.165, 1.54) is 0 Å². The molecule has 0 radical (unpaired) electrons. The first-order valence-corrected chi connectivity index (χ1v) is 6.85. The molecule has 0 aliphatic carbocycles. The molecular weight excluding hydrogens is 317 g/mol. The molecule has 114 valence electrons. The zero-order chi connectivity index (χ0) is 15.4. The van der Waals surface area contributed by atoms with Gasteiger partial charge in [-0.2, -0.15) is 0 Å². The minimum absolute atomic E-state index is 0.169. The van der Waals surface area contributed by atoms with E-state index in [9.17, 15) is 0 Å². The average molecular weight is 332 g/mol. The monoisotopic (exact) mass is 331 g/mol. The number of nitrogen functional groups attached to an aromatic ring is 1. The number of rotatable bonds is 6. The first-order valence-electron chi connectivity index (χ1n) is 6.09. The third-order valence-electron chi connectivity index (χ3n) is 2.91. The molecule has 2 rings (SSSR count). The zero-order valence-corrected chi connectivity index (χ0v) is 13.1. The van der Waals surface area contributed by atoms with Gasteiger partial charge in [0.05, 0.1) is 28.9 Å². The molecule has 21 heavy (non-hydrogen) atoms. The van der Waals surface area contributed by atoms with Crippen molar-refractivity contribution in [1.82, 2.24) is 20.2 Å². The van der Waals surface area contributed by atoms with Gasteiger partial charge in [0.15, 0.2) is 5.82 Å². The predicted octanol–water partition coefficient (Wildman–Crippen LogP) is 1.89. The number of methoxy groups -OCH3 is 2. The first kappa shape index (κ1) is 16.0. The number of anilines is 1. The lowest BCUT2D eigenvalue weighted by Gasteiger charge is -2.15. The maximum Gasteiger partial charge on any atom is 0.182 e. The number of benzene rings is 1. The number of nitrogens with zero attached hydrogens (tertiary/aromatic N) is 4. The van der Waals surface area contributed by atoms with Crippen molar-refractivity contribution in [3.05, 3.63) is 22.2 Å².